The average Bonchev–Trinajstić information content (AvgIpc) is 3.17. The van der Waals surface area contributed by atoms with E-state index < -0.39 is 0 Å². The molecule has 0 aliphatic carbocycles. The summed E-state index contributed by atoms with van der Waals surface area (Å²) in [5.41, 5.74) is 21.2. The van der Waals surface area contributed by atoms with Crippen molar-refractivity contribution in [2.75, 3.05) is 0 Å². The van der Waals surface area contributed by atoms with Gasteiger partial charge in [-0.25, -0.2) is 0 Å². The normalized spacial score (nSPS) is 13.6. The van der Waals surface area contributed by atoms with E-state index >= 15 is 0 Å². The van der Waals surface area contributed by atoms with Gasteiger partial charge in [0, 0.05) is 0 Å². The Hall–Kier alpha value is -4.44. The van der Waals surface area contributed by atoms with E-state index in [0.717, 1.165) is 52.0 Å². The third kappa shape index (κ3) is 11.9. The summed E-state index contributed by atoms with van der Waals surface area (Å²) in [5.74, 6) is 2.77. The molecule has 328 valence electrons. The molecule has 0 fully saturated rings. The molecule has 0 saturated carbocycles. The Kier molecular flexibility index (Phi) is 17.0. The van der Waals surface area contributed by atoms with E-state index in [2.05, 4.69) is 199 Å². The molecule has 0 N–H and O–H groups in total. The second-order valence-electron chi connectivity index (χ2n) is 20.0. The van der Waals surface area contributed by atoms with E-state index in [1.807, 2.05) is 0 Å². The van der Waals surface area contributed by atoms with Crippen LogP contribution in [-0.4, -0.2) is 22.8 Å². The molecule has 4 aromatic carbocycles. The maximum absolute atomic E-state index is 5.44. The van der Waals surface area contributed by atoms with Crippen LogP contribution < -0.4 is 0 Å². The number of aliphatic imine (C=N–C) groups is 4. The zero-order valence-corrected chi connectivity index (χ0v) is 41.9. The molecule has 0 aromatic heterocycles. The van der Waals surface area contributed by atoms with Crippen LogP contribution in [0.4, 0.5) is 22.7 Å². The van der Waals surface area contributed by atoms with Crippen molar-refractivity contribution in [1.29, 1.82) is 0 Å². The largest absolute Gasteiger partial charge is 0.251 e. The van der Waals surface area contributed by atoms with E-state index in [0.29, 0.717) is 47.3 Å². The fourth-order valence-corrected chi connectivity index (χ4v) is 8.22. The predicted octanol–water partition coefficient (Wildman–Crippen LogP) is 18.0. The highest BCUT2D eigenvalue weighted by Gasteiger charge is 2.21. The minimum Gasteiger partial charge on any atom is -0.251 e. The van der Waals surface area contributed by atoms with Gasteiger partial charge in [0.05, 0.1) is 45.6 Å². The molecular weight excluding hydrogens is 741 g/mol. The van der Waals surface area contributed by atoms with Crippen molar-refractivity contribution in [3.05, 3.63) is 116 Å². The van der Waals surface area contributed by atoms with Crippen LogP contribution in [0.5, 0.6) is 0 Å². The molecule has 0 atom stereocenters. The van der Waals surface area contributed by atoms with Gasteiger partial charge in [0.2, 0.25) is 0 Å². The Morgan fingerprint density at radius 1 is 0.311 bits per heavy atom. The summed E-state index contributed by atoms with van der Waals surface area (Å²) in [6, 6.07) is 22.9. The first kappa shape index (κ1) is 49.2. The van der Waals surface area contributed by atoms with Crippen LogP contribution in [0, 0.1) is 0 Å². The molecular formula is C57H80N4. The van der Waals surface area contributed by atoms with Gasteiger partial charge in [-0.15, -0.1) is 0 Å². The predicted molar refractivity (Wildman–Crippen MR) is 272 cm³/mol. The number of rotatable bonds is 16. The lowest BCUT2D eigenvalue weighted by Gasteiger charge is -2.22. The molecule has 0 bridgehead atoms. The summed E-state index contributed by atoms with van der Waals surface area (Å²) in [4.78, 5) is 21.5. The molecule has 4 heteroatoms. The lowest BCUT2D eigenvalue weighted by molar-refractivity contribution is 0.824. The van der Waals surface area contributed by atoms with Crippen molar-refractivity contribution < 1.29 is 0 Å². The van der Waals surface area contributed by atoms with Crippen molar-refractivity contribution in [2.24, 2.45) is 20.0 Å². The van der Waals surface area contributed by atoms with E-state index in [-0.39, 0.29) is 0 Å². The van der Waals surface area contributed by atoms with Crippen LogP contribution in [0.1, 0.15) is 241 Å². The van der Waals surface area contributed by atoms with Crippen LogP contribution in [0.25, 0.3) is 0 Å². The van der Waals surface area contributed by atoms with Gasteiger partial charge in [-0.1, -0.05) is 171 Å². The monoisotopic (exact) mass is 821 g/mol. The van der Waals surface area contributed by atoms with Crippen molar-refractivity contribution in [3.63, 3.8) is 0 Å². The summed E-state index contributed by atoms with van der Waals surface area (Å²) >= 11 is 0. The fraction of sp³-hybridized carbons (Fsp3) is 0.509. The molecule has 0 radical (unpaired) electrons. The Morgan fingerprint density at radius 3 is 0.672 bits per heavy atom. The van der Waals surface area contributed by atoms with Crippen LogP contribution in [0.15, 0.2) is 80.6 Å². The van der Waals surface area contributed by atoms with Gasteiger partial charge in [0.25, 0.3) is 0 Å². The molecule has 0 saturated heterocycles. The smallest absolute Gasteiger partial charge is 0.0702 e. The van der Waals surface area contributed by atoms with Crippen LogP contribution in [0.2, 0.25) is 0 Å². The van der Waals surface area contributed by atoms with Gasteiger partial charge >= 0.3 is 0 Å². The maximum Gasteiger partial charge on any atom is 0.0702 e. The minimum atomic E-state index is 0.307. The van der Waals surface area contributed by atoms with Gasteiger partial charge in [-0.05, 0) is 137 Å². The lowest BCUT2D eigenvalue weighted by atomic mass is 9.86. The molecule has 0 spiro atoms. The van der Waals surface area contributed by atoms with Crippen LogP contribution in [-0.2, 0) is 6.42 Å². The highest BCUT2D eigenvalue weighted by atomic mass is 14.8. The van der Waals surface area contributed by atoms with Gasteiger partial charge in [-0.2, -0.15) is 0 Å². The Balaban J connectivity index is 1.83. The zero-order chi connectivity index (χ0) is 45.6. The minimum absolute atomic E-state index is 0.307. The molecule has 0 aliphatic heterocycles. The van der Waals surface area contributed by atoms with E-state index in [1.165, 1.54) is 55.6 Å². The van der Waals surface area contributed by atoms with Gasteiger partial charge in [0.15, 0.2) is 0 Å². The Labute approximate surface area is 372 Å². The standard InChI is InChI=1S/C57H80N4/c1-32(2)46-23-21-24-47(33(3)4)54(46)58-40(17)42(19)60-56-50(36(9)10)28-44(29-51(56)37(11)12)27-45-30-52(38(13)14)57(53(31-45)39(15)16)61-43(20)41(18)59-55-48(34(5)6)25-22-26-49(55)35(7)8/h21-26,28-39H,27H2,1-20H3. The quantitative estimate of drug-likeness (QED) is 0.101. The summed E-state index contributed by atoms with van der Waals surface area (Å²) < 4.78 is 0. The highest BCUT2D eigenvalue weighted by molar-refractivity contribution is 6.42. The number of nitrogens with zero attached hydrogens (tertiary/aromatic N) is 4. The Bertz CT molecular complexity index is 2010. The van der Waals surface area contributed by atoms with E-state index in [4.69, 9.17) is 20.0 Å². The van der Waals surface area contributed by atoms with Crippen molar-refractivity contribution >= 4 is 45.6 Å². The van der Waals surface area contributed by atoms with E-state index in [9.17, 15) is 0 Å². The number of hydrogen-bond acceptors (Lipinski definition) is 4. The van der Waals surface area contributed by atoms with Crippen molar-refractivity contribution in [2.45, 2.75) is 192 Å². The number of para-hydroxylation sites is 2. The van der Waals surface area contributed by atoms with E-state index in [1.54, 1.807) is 0 Å². The summed E-state index contributed by atoms with van der Waals surface area (Å²) in [6.07, 6.45) is 0.847. The molecule has 0 amide bonds. The van der Waals surface area contributed by atoms with Crippen molar-refractivity contribution in [1.82, 2.24) is 0 Å². The maximum atomic E-state index is 5.44. The lowest BCUT2D eigenvalue weighted by Crippen LogP contribution is -2.08. The second kappa shape index (κ2) is 21.1. The first-order chi connectivity index (χ1) is 28.5. The zero-order valence-electron chi connectivity index (χ0n) is 41.9. The highest BCUT2D eigenvalue weighted by Crippen LogP contribution is 2.41. The molecule has 4 aromatic rings. The fourth-order valence-electron chi connectivity index (χ4n) is 8.22. The molecule has 4 rings (SSSR count). The summed E-state index contributed by atoms with van der Waals surface area (Å²) in [6.45, 7) is 44.9. The first-order valence-electron chi connectivity index (χ1n) is 23.3. The van der Waals surface area contributed by atoms with Crippen molar-refractivity contribution in [3.8, 4) is 0 Å². The SMILES string of the molecule is CC(=Nc1c(C(C)C)cccc1C(C)C)C(C)=Nc1c(C(C)C)cc(Cc2cc(C(C)C)c(N=C(C)C(C)=Nc3c(C(C)C)cccc3C(C)C)c(C(C)C)c2)cc1C(C)C. The van der Waals surface area contributed by atoms with Crippen LogP contribution >= 0.6 is 0 Å². The van der Waals surface area contributed by atoms with Gasteiger partial charge in [-0.3, -0.25) is 20.0 Å². The Morgan fingerprint density at radius 2 is 0.492 bits per heavy atom. The third-order valence-corrected chi connectivity index (χ3v) is 12.2. The summed E-state index contributed by atoms with van der Waals surface area (Å²) in [5, 5.41) is 0. The topological polar surface area (TPSA) is 49.4 Å². The number of hydrogen-bond donors (Lipinski definition) is 0. The van der Waals surface area contributed by atoms with Gasteiger partial charge < -0.3 is 0 Å². The summed E-state index contributed by atoms with van der Waals surface area (Å²) in [7, 11) is 0. The third-order valence-electron chi connectivity index (χ3n) is 12.2. The molecule has 4 nitrogen and oxygen atoms in total. The second-order valence-corrected chi connectivity index (χ2v) is 20.0. The average molecular weight is 821 g/mol. The van der Waals surface area contributed by atoms with Crippen LogP contribution in [0.3, 0.4) is 0 Å². The first-order valence-corrected chi connectivity index (χ1v) is 23.3. The molecule has 0 aliphatic rings. The molecule has 61 heavy (non-hydrogen) atoms. The van der Waals surface area contributed by atoms with Gasteiger partial charge in [0.1, 0.15) is 0 Å². The molecule has 0 heterocycles. The molecule has 0 unspecified atom stereocenters. The number of benzene rings is 4.